The zero-order valence-electron chi connectivity index (χ0n) is 14.7. The Hall–Kier alpha value is -1.35. The third-order valence-corrected chi connectivity index (χ3v) is 3.63. The van der Waals surface area contributed by atoms with Crippen molar-refractivity contribution in [2.75, 3.05) is 22.9 Å². The molecule has 5 heteroatoms. The van der Waals surface area contributed by atoms with Crippen molar-refractivity contribution in [1.29, 1.82) is 0 Å². The van der Waals surface area contributed by atoms with Crippen LogP contribution in [0.25, 0.3) is 0 Å². The molecule has 0 saturated carbocycles. The van der Waals surface area contributed by atoms with Crippen LogP contribution in [0.4, 0.5) is 11.4 Å². The average Bonchev–Trinajstić information content (AvgIpc) is 3.06. The van der Waals surface area contributed by atoms with Crippen LogP contribution in [-0.2, 0) is 21.1 Å². The van der Waals surface area contributed by atoms with E-state index in [0.717, 1.165) is 18.8 Å². The molecule has 4 nitrogen and oxygen atoms in total. The van der Waals surface area contributed by atoms with Gasteiger partial charge in [0.2, 0.25) is 0 Å². The van der Waals surface area contributed by atoms with Crippen LogP contribution in [0.15, 0.2) is 54.6 Å². The summed E-state index contributed by atoms with van der Waals surface area (Å²) in [7, 11) is 0. The maximum Gasteiger partial charge on any atom is 2.00 e. The molecule has 1 fully saturated rings. The predicted molar refractivity (Wildman–Crippen MR) is 98.7 cm³/mol. The fraction of sp³-hybridized carbons (Fsp3) is 0.350. The van der Waals surface area contributed by atoms with Crippen molar-refractivity contribution in [1.82, 2.24) is 0 Å². The van der Waals surface area contributed by atoms with E-state index < -0.39 is 0 Å². The Morgan fingerprint density at radius 3 is 2.08 bits per heavy atom. The molecule has 2 aromatic rings. The molecule has 1 saturated heterocycles. The van der Waals surface area contributed by atoms with Gasteiger partial charge >= 0.3 is 21.1 Å². The molecule has 0 spiro atoms. The molecule has 25 heavy (non-hydrogen) atoms. The number of nitrogens with zero attached hydrogens (tertiary/aromatic N) is 2. The molecule has 2 atom stereocenters. The number of rotatable bonds is 4. The average molecular weight is 522 g/mol. The molecule has 3 rings (SSSR count). The molecule has 0 radical (unpaired) electrons. The van der Waals surface area contributed by atoms with Gasteiger partial charge in [-0.3, -0.25) is 0 Å². The van der Waals surface area contributed by atoms with Crippen LogP contribution < -0.4 is 9.80 Å². The standard InChI is InChI=1S/C15H14N2.C5H12O2.Pt/c1-3-7-14(8-4-1)16-11-12-17(13-16)15-9-5-2-6-10-15;1-4(6)3-5(2)7;/h1-9,13H,11-12H2;4-7H,3H2,1-2H3;/q-2;;+2. The van der Waals surface area contributed by atoms with Gasteiger partial charge in [-0.1, -0.05) is 18.2 Å². The monoisotopic (exact) mass is 521 g/mol. The van der Waals surface area contributed by atoms with E-state index in [9.17, 15) is 0 Å². The number of hydrogen-bond acceptors (Lipinski definition) is 4. The summed E-state index contributed by atoms with van der Waals surface area (Å²) in [6.45, 7) is 7.50. The number of aliphatic hydroxyl groups is 2. The van der Waals surface area contributed by atoms with Crippen molar-refractivity contribution in [2.24, 2.45) is 0 Å². The molecule has 1 aliphatic heterocycles. The third kappa shape index (κ3) is 7.60. The van der Waals surface area contributed by atoms with E-state index in [1.54, 1.807) is 13.8 Å². The first-order valence-corrected chi connectivity index (χ1v) is 8.32. The normalized spacial score (nSPS) is 15.7. The van der Waals surface area contributed by atoms with Gasteiger partial charge < -0.3 is 20.0 Å². The fourth-order valence-corrected chi connectivity index (χ4v) is 2.55. The molecule has 2 N–H and O–H groups in total. The Balaban J connectivity index is 0.000000339. The Labute approximate surface area is 165 Å². The van der Waals surface area contributed by atoms with Crippen LogP contribution >= 0.6 is 0 Å². The van der Waals surface area contributed by atoms with Crippen molar-refractivity contribution in [2.45, 2.75) is 32.5 Å². The summed E-state index contributed by atoms with van der Waals surface area (Å²) in [6, 6.07) is 21.8. The minimum atomic E-state index is -0.375. The zero-order valence-corrected chi connectivity index (χ0v) is 16.9. The van der Waals surface area contributed by atoms with Gasteiger partial charge in [0.25, 0.3) is 0 Å². The quantitative estimate of drug-likeness (QED) is 0.608. The maximum absolute atomic E-state index is 8.56. The van der Waals surface area contributed by atoms with Crippen LogP contribution in [0.5, 0.6) is 0 Å². The number of anilines is 2. The van der Waals surface area contributed by atoms with E-state index in [1.165, 1.54) is 5.69 Å². The predicted octanol–water partition coefficient (Wildman–Crippen LogP) is 3.07. The van der Waals surface area contributed by atoms with E-state index in [-0.39, 0.29) is 33.3 Å². The van der Waals surface area contributed by atoms with E-state index in [1.807, 2.05) is 24.3 Å². The number of benzene rings is 2. The molecule has 2 aromatic carbocycles. The summed E-state index contributed by atoms with van der Waals surface area (Å²) < 4.78 is 0. The summed E-state index contributed by atoms with van der Waals surface area (Å²) in [5.41, 5.74) is 2.37. The minimum Gasteiger partial charge on any atom is -0.522 e. The van der Waals surface area contributed by atoms with Crippen molar-refractivity contribution >= 4 is 11.4 Å². The Morgan fingerprint density at radius 1 is 0.960 bits per heavy atom. The van der Waals surface area contributed by atoms with E-state index in [2.05, 4.69) is 52.9 Å². The molecule has 0 amide bonds. The van der Waals surface area contributed by atoms with E-state index in [0.29, 0.717) is 6.42 Å². The third-order valence-electron chi connectivity index (χ3n) is 3.63. The number of aliphatic hydroxyl groups excluding tert-OH is 2. The van der Waals surface area contributed by atoms with Gasteiger partial charge in [-0.15, -0.1) is 5.69 Å². The maximum atomic E-state index is 8.56. The molecule has 138 valence electrons. The smallest absolute Gasteiger partial charge is 0.522 e. The molecule has 0 aliphatic carbocycles. The van der Waals surface area contributed by atoms with Gasteiger partial charge in [-0.05, 0) is 32.4 Å². The van der Waals surface area contributed by atoms with Crippen LogP contribution in [0.2, 0.25) is 0 Å². The summed E-state index contributed by atoms with van der Waals surface area (Å²) in [6.07, 6.45) is -0.278. The first kappa shape index (κ1) is 21.7. The van der Waals surface area contributed by atoms with Crippen LogP contribution in [0.3, 0.4) is 0 Å². The Bertz CT molecular complexity index is 527. The fourth-order valence-electron chi connectivity index (χ4n) is 2.55. The van der Waals surface area contributed by atoms with Crippen molar-refractivity contribution < 1.29 is 31.3 Å². The first-order chi connectivity index (χ1) is 11.6. The largest absolute Gasteiger partial charge is 2.00 e. The van der Waals surface area contributed by atoms with Gasteiger partial charge in [0.15, 0.2) is 0 Å². The second-order valence-corrected chi connectivity index (χ2v) is 6.02. The van der Waals surface area contributed by atoms with Crippen LogP contribution in [-0.4, -0.2) is 35.5 Å². The minimum absolute atomic E-state index is 0. The summed E-state index contributed by atoms with van der Waals surface area (Å²) >= 11 is 0. The number of para-hydroxylation sites is 2. The SMILES string of the molecule is CC(O)CC(C)O.[Pt+2].[c-]1ccccc1N1[CH-]N(c2ccccc2)CC1. The molecular weight excluding hydrogens is 495 g/mol. The zero-order chi connectivity index (χ0) is 17.4. The van der Waals surface area contributed by atoms with Crippen molar-refractivity contribution in [3.8, 4) is 0 Å². The Kier molecular flexibility index (Phi) is 9.80. The van der Waals surface area contributed by atoms with Gasteiger partial charge in [-0.25, -0.2) is 0 Å². The number of hydrogen-bond donors (Lipinski definition) is 2. The first-order valence-electron chi connectivity index (χ1n) is 8.32. The van der Waals surface area contributed by atoms with E-state index in [4.69, 9.17) is 10.2 Å². The van der Waals surface area contributed by atoms with Gasteiger partial charge in [0, 0.05) is 18.8 Å². The second-order valence-electron chi connectivity index (χ2n) is 6.02. The van der Waals surface area contributed by atoms with Crippen LogP contribution in [0.1, 0.15) is 20.3 Å². The van der Waals surface area contributed by atoms with E-state index >= 15 is 0 Å². The Morgan fingerprint density at radius 2 is 1.56 bits per heavy atom. The van der Waals surface area contributed by atoms with Crippen molar-refractivity contribution in [3.63, 3.8) is 0 Å². The molecule has 2 unspecified atom stereocenters. The van der Waals surface area contributed by atoms with Crippen LogP contribution in [0, 0.1) is 12.7 Å². The molecule has 0 aromatic heterocycles. The summed E-state index contributed by atoms with van der Waals surface area (Å²) in [5, 5.41) is 17.1. The van der Waals surface area contributed by atoms with Gasteiger partial charge in [-0.2, -0.15) is 37.0 Å². The molecule has 1 aliphatic rings. The molecule has 1 heterocycles. The summed E-state index contributed by atoms with van der Waals surface area (Å²) in [5.74, 6) is 0. The molecule has 0 bridgehead atoms. The summed E-state index contributed by atoms with van der Waals surface area (Å²) in [4.78, 5) is 4.49. The topological polar surface area (TPSA) is 46.9 Å². The van der Waals surface area contributed by atoms with Crippen molar-refractivity contribution in [3.05, 3.63) is 67.3 Å². The van der Waals surface area contributed by atoms with Gasteiger partial charge in [0.05, 0.1) is 12.2 Å². The second kappa shape index (κ2) is 11.3. The van der Waals surface area contributed by atoms with Gasteiger partial charge in [0.1, 0.15) is 0 Å². The molecular formula is C20H26N2O2Pt.